The van der Waals surface area contributed by atoms with Crippen LogP contribution in [0.1, 0.15) is 30.4 Å². The van der Waals surface area contributed by atoms with Crippen molar-refractivity contribution in [2.45, 2.75) is 26.2 Å². The van der Waals surface area contributed by atoms with Gasteiger partial charge in [-0.3, -0.25) is 0 Å². The third kappa shape index (κ3) is 5.00. The standard InChI is InChI=1S/C39H31N5O.Pd/c1-39(2,3)27-19-20-40-36(23-27)44-35-25-31(45-30-14-10-13-29(24-30)42-22-21-41(4)26-42)17-18-33(35)37-38(44)32-15-8-9-16-34(32)43(37)28-11-6-5-7-12-28;/h5-23H,1-4H3;/q;+2/i4D3;. The SMILES string of the molecule is [2H]C([2H])([2H])[N+]1=C=[N+](c2[c-]c(Oc3[c-]c4c(cc3)c3c(c5ccccc5n3-c3ccccc3)n4-c3cc(C(C)(C)C)ccn3)ccc2)C=C1.[Pd+2]. The zero-order valence-corrected chi connectivity index (χ0v) is 27.0. The van der Waals surface area contributed by atoms with Crippen LogP contribution >= 0.6 is 0 Å². The monoisotopic (exact) mass is 694 g/mol. The summed E-state index contributed by atoms with van der Waals surface area (Å²) in [7, 11) is 0. The second-order valence-electron chi connectivity index (χ2n) is 12.1. The number of para-hydroxylation sites is 2. The van der Waals surface area contributed by atoms with Crippen molar-refractivity contribution in [2.24, 2.45) is 0 Å². The molecule has 0 saturated carbocycles. The van der Waals surface area contributed by atoms with Crippen LogP contribution in [-0.2, 0) is 25.8 Å². The number of aromatic nitrogens is 3. The predicted octanol–water partition coefficient (Wildman–Crippen LogP) is 8.76. The Kier molecular flexibility index (Phi) is 6.49. The van der Waals surface area contributed by atoms with E-state index in [-0.39, 0.29) is 25.8 Å². The molecule has 7 aromatic rings. The zero-order chi connectivity index (χ0) is 33.2. The van der Waals surface area contributed by atoms with Crippen LogP contribution in [0.4, 0.5) is 5.69 Å². The summed E-state index contributed by atoms with van der Waals surface area (Å²) in [6, 6.07) is 42.2. The summed E-state index contributed by atoms with van der Waals surface area (Å²) >= 11 is 0. The fourth-order valence-electron chi connectivity index (χ4n) is 5.99. The van der Waals surface area contributed by atoms with Crippen molar-refractivity contribution < 1.29 is 38.4 Å². The van der Waals surface area contributed by atoms with Gasteiger partial charge in [0.15, 0.2) is 6.98 Å². The van der Waals surface area contributed by atoms with Crippen LogP contribution in [0, 0.1) is 12.1 Å². The number of pyridine rings is 1. The number of rotatable bonds is 5. The van der Waals surface area contributed by atoms with E-state index in [2.05, 4.69) is 115 Å². The van der Waals surface area contributed by atoms with Crippen molar-refractivity contribution in [3.8, 4) is 23.0 Å². The quantitative estimate of drug-likeness (QED) is 0.103. The van der Waals surface area contributed by atoms with E-state index < -0.39 is 6.98 Å². The molecular weight excluding hydrogens is 661 g/mol. The number of fused-ring (bicyclic) bond motifs is 5. The van der Waals surface area contributed by atoms with Crippen LogP contribution < -0.4 is 4.74 Å². The van der Waals surface area contributed by atoms with Crippen molar-refractivity contribution in [2.75, 3.05) is 6.98 Å². The Morgan fingerprint density at radius 1 is 0.804 bits per heavy atom. The number of ether oxygens (including phenoxy) is 1. The van der Waals surface area contributed by atoms with Crippen LogP contribution in [0.25, 0.3) is 44.3 Å². The Hall–Kier alpha value is -5.05. The molecule has 0 radical (unpaired) electrons. The topological polar surface area (TPSA) is 38.0 Å². The van der Waals surface area contributed by atoms with Gasteiger partial charge < -0.3 is 13.9 Å². The Morgan fingerprint density at radius 2 is 1.59 bits per heavy atom. The van der Waals surface area contributed by atoms with E-state index in [4.69, 9.17) is 13.8 Å². The molecule has 4 aromatic carbocycles. The summed E-state index contributed by atoms with van der Waals surface area (Å²) in [5.74, 6) is 1.76. The van der Waals surface area contributed by atoms with Gasteiger partial charge in [-0.25, -0.2) is 4.98 Å². The summed E-state index contributed by atoms with van der Waals surface area (Å²) in [5, 5.41) is 2.11. The van der Waals surface area contributed by atoms with Crippen molar-refractivity contribution in [1.82, 2.24) is 14.1 Å². The van der Waals surface area contributed by atoms with Crippen LogP contribution in [0.3, 0.4) is 0 Å². The summed E-state index contributed by atoms with van der Waals surface area (Å²) in [6.07, 6.45) is 4.96. The number of hydrogen-bond donors (Lipinski definition) is 0. The molecule has 8 rings (SSSR count). The molecule has 7 heteroatoms. The van der Waals surface area contributed by atoms with Gasteiger partial charge >= 0.3 is 26.4 Å². The minimum atomic E-state index is -2.32. The molecule has 1 aliphatic rings. The zero-order valence-electron chi connectivity index (χ0n) is 28.4. The Morgan fingerprint density at radius 3 is 2.39 bits per heavy atom. The van der Waals surface area contributed by atoms with E-state index >= 15 is 0 Å². The second kappa shape index (κ2) is 11.4. The van der Waals surface area contributed by atoms with Crippen LogP contribution in [0.5, 0.6) is 11.5 Å². The summed E-state index contributed by atoms with van der Waals surface area (Å²) < 4.78 is 36.5. The third-order valence-electron chi connectivity index (χ3n) is 8.12. The van der Waals surface area contributed by atoms with Gasteiger partial charge in [-0.05, 0) is 41.3 Å². The van der Waals surface area contributed by atoms with Crippen LogP contribution in [0.15, 0.2) is 116 Å². The number of nitrogens with zero attached hydrogens (tertiary/aromatic N) is 5. The van der Waals surface area contributed by atoms with Gasteiger partial charge in [-0.1, -0.05) is 89.4 Å². The number of hydrogen-bond acceptors (Lipinski definition) is 2. The normalized spacial score (nSPS) is 14.1. The third-order valence-corrected chi connectivity index (χ3v) is 8.12. The molecule has 0 fully saturated rings. The minimum Gasteiger partial charge on any atom is -0.509 e. The average molecular weight is 695 g/mol. The minimum absolute atomic E-state index is 0. The van der Waals surface area contributed by atoms with Gasteiger partial charge in [0.1, 0.15) is 15.6 Å². The molecule has 226 valence electrons. The Labute approximate surface area is 285 Å². The van der Waals surface area contributed by atoms with Gasteiger partial charge in [-0.15, -0.1) is 18.2 Å². The molecule has 3 aromatic heterocycles. The molecule has 0 spiro atoms. The van der Waals surface area contributed by atoms with Gasteiger partial charge in [0, 0.05) is 34.3 Å². The molecule has 0 atom stereocenters. The van der Waals surface area contributed by atoms with Crippen molar-refractivity contribution in [1.29, 1.82) is 0 Å². The number of benzene rings is 4. The summed E-state index contributed by atoms with van der Waals surface area (Å²) in [5.41, 5.74) is 6.79. The first-order valence-corrected chi connectivity index (χ1v) is 14.8. The molecule has 0 bridgehead atoms. The largest absolute Gasteiger partial charge is 2.00 e. The van der Waals surface area contributed by atoms with E-state index in [0.717, 1.165) is 48.9 Å². The average Bonchev–Trinajstić information content (AvgIpc) is 3.78. The first-order chi connectivity index (χ1) is 23.1. The molecule has 46 heavy (non-hydrogen) atoms. The van der Waals surface area contributed by atoms with E-state index in [1.54, 1.807) is 10.8 Å². The van der Waals surface area contributed by atoms with E-state index in [9.17, 15) is 0 Å². The fourth-order valence-corrected chi connectivity index (χ4v) is 5.99. The maximum Gasteiger partial charge on any atom is 2.00 e. The van der Waals surface area contributed by atoms with Gasteiger partial charge in [0.2, 0.25) is 6.20 Å². The second-order valence-corrected chi connectivity index (χ2v) is 12.1. The maximum atomic E-state index is 7.67. The van der Waals surface area contributed by atoms with E-state index in [1.807, 2.05) is 36.5 Å². The molecule has 0 saturated heterocycles. The van der Waals surface area contributed by atoms with Gasteiger partial charge in [0.25, 0.3) is 6.20 Å². The maximum absolute atomic E-state index is 7.67. The van der Waals surface area contributed by atoms with Crippen LogP contribution in [-0.4, -0.2) is 36.3 Å². The molecular formula is C39H31N5OPd+2. The Bertz CT molecular complexity index is 2500. The molecule has 1 aliphatic heterocycles. The molecule has 0 unspecified atom stereocenters. The molecule has 0 amide bonds. The van der Waals surface area contributed by atoms with E-state index in [0.29, 0.717) is 17.2 Å². The first-order valence-electron chi connectivity index (χ1n) is 16.3. The Balaban J connectivity index is 0.00000378. The fraction of sp³-hybridized carbons (Fsp3) is 0.128. The molecule has 6 nitrogen and oxygen atoms in total. The summed E-state index contributed by atoms with van der Waals surface area (Å²) in [6.45, 7) is 4.28. The summed E-state index contributed by atoms with van der Waals surface area (Å²) in [4.78, 5) is 4.90. The van der Waals surface area contributed by atoms with Crippen molar-refractivity contribution >= 4 is 44.5 Å². The van der Waals surface area contributed by atoms with E-state index in [1.165, 1.54) is 11.8 Å². The molecule has 4 heterocycles. The predicted molar refractivity (Wildman–Crippen MR) is 179 cm³/mol. The molecule has 0 N–H and O–H groups in total. The van der Waals surface area contributed by atoms with Gasteiger partial charge in [-0.2, -0.15) is 12.1 Å². The van der Waals surface area contributed by atoms with Crippen LogP contribution in [0.2, 0.25) is 0 Å². The van der Waals surface area contributed by atoms with Gasteiger partial charge in [0.05, 0.1) is 11.0 Å². The van der Waals surface area contributed by atoms with Crippen molar-refractivity contribution in [3.05, 3.63) is 133 Å². The smallest absolute Gasteiger partial charge is 0.509 e. The first kappa shape index (κ1) is 26.2. The molecule has 0 aliphatic carbocycles. The van der Waals surface area contributed by atoms with Crippen molar-refractivity contribution in [3.63, 3.8) is 0 Å².